The number of rotatable bonds is 4. The molecule has 1 heterocycles. The number of amides is 2. The number of aromatic nitrogens is 1. The summed E-state index contributed by atoms with van der Waals surface area (Å²) in [5.74, 6) is 1.70. The molecule has 1 N–H and O–H groups in total. The van der Waals surface area contributed by atoms with Crippen molar-refractivity contribution in [2.45, 2.75) is 46.0 Å². The van der Waals surface area contributed by atoms with Gasteiger partial charge in [-0.2, -0.15) is 0 Å². The number of urea groups is 1. The Morgan fingerprint density at radius 1 is 1.37 bits per heavy atom. The molecule has 0 aromatic carbocycles. The Morgan fingerprint density at radius 3 is 2.47 bits per heavy atom. The van der Waals surface area contributed by atoms with E-state index in [0.29, 0.717) is 6.54 Å². The molecule has 0 saturated heterocycles. The van der Waals surface area contributed by atoms with Gasteiger partial charge in [-0.05, 0) is 13.3 Å². The van der Waals surface area contributed by atoms with Gasteiger partial charge in [0.05, 0.1) is 5.69 Å². The van der Waals surface area contributed by atoms with Crippen LogP contribution in [-0.4, -0.2) is 36.6 Å². The fourth-order valence-electron chi connectivity index (χ4n) is 1.58. The van der Waals surface area contributed by atoms with E-state index in [4.69, 9.17) is 4.42 Å². The first-order chi connectivity index (χ1) is 8.71. The minimum atomic E-state index is -0.0673. The Balaban J connectivity index is 2.46. The van der Waals surface area contributed by atoms with Crippen LogP contribution in [0.5, 0.6) is 0 Å². The van der Waals surface area contributed by atoms with Gasteiger partial charge in [0.25, 0.3) is 0 Å². The van der Waals surface area contributed by atoms with Crippen LogP contribution in [0.4, 0.5) is 4.79 Å². The molecule has 1 aromatic heterocycles. The Morgan fingerprint density at radius 2 is 2.00 bits per heavy atom. The number of nitrogens with one attached hydrogen (secondary N) is 1. The summed E-state index contributed by atoms with van der Waals surface area (Å²) >= 11 is 0. The van der Waals surface area contributed by atoms with Crippen molar-refractivity contribution in [3.63, 3.8) is 0 Å². The SMILES string of the molecule is Cc1nc(C(C)(C)C)oc1CCCNC(=O)N(C)C. The molecule has 0 radical (unpaired) electrons. The van der Waals surface area contributed by atoms with Gasteiger partial charge in [-0.3, -0.25) is 0 Å². The molecule has 5 heteroatoms. The number of carbonyl (C=O) groups excluding carboxylic acids is 1. The quantitative estimate of drug-likeness (QED) is 0.853. The van der Waals surface area contributed by atoms with Gasteiger partial charge in [-0.25, -0.2) is 9.78 Å². The van der Waals surface area contributed by atoms with Gasteiger partial charge in [0.15, 0.2) is 5.89 Å². The molecule has 1 rings (SSSR count). The maximum Gasteiger partial charge on any atom is 0.316 e. The highest BCUT2D eigenvalue weighted by Gasteiger charge is 2.21. The molecule has 2 amide bonds. The molecule has 0 unspecified atom stereocenters. The van der Waals surface area contributed by atoms with Crippen molar-refractivity contribution in [1.29, 1.82) is 0 Å². The number of nitrogens with zero attached hydrogens (tertiary/aromatic N) is 2. The lowest BCUT2D eigenvalue weighted by Gasteiger charge is -2.12. The summed E-state index contributed by atoms with van der Waals surface area (Å²) in [6.45, 7) is 8.85. The molecular formula is C14H25N3O2. The zero-order chi connectivity index (χ0) is 14.6. The van der Waals surface area contributed by atoms with Gasteiger partial charge in [0, 0.05) is 32.5 Å². The molecule has 0 bridgehead atoms. The van der Waals surface area contributed by atoms with Crippen LogP contribution < -0.4 is 5.32 Å². The molecule has 0 aliphatic heterocycles. The minimum Gasteiger partial charge on any atom is -0.445 e. The van der Waals surface area contributed by atoms with E-state index in [2.05, 4.69) is 31.1 Å². The summed E-state index contributed by atoms with van der Waals surface area (Å²) in [6, 6.07) is -0.0651. The molecule has 0 spiro atoms. The molecule has 5 nitrogen and oxygen atoms in total. The van der Waals surface area contributed by atoms with Crippen LogP contribution in [-0.2, 0) is 11.8 Å². The lowest BCUT2D eigenvalue weighted by Crippen LogP contribution is -2.35. The fraction of sp³-hybridized carbons (Fsp3) is 0.714. The lowest BCUT2D eigenvalue weighted by atomic mass is 9.97. The van der Waals surface area contributed by atoms with Crippen molar-refractivity contribution >= 4 is 6.03 Å². The Labute approximate surface area is 115 Å². The minimum absolute atomic E-state index is 0.0651. The first kappa shape index (κ1) is 15.5. The predicted octanol–water partition coefficient (Wildman–Crippen LogP) is 2.48. The van der Waals surface area contributed by atoms with Crippen LogP contribution in [0.1, 0.15) is 44.5 Å². The normalized spacial score (nSPS) is 11.5. The van der Waals surface area contributed by atoms with E-state index in [1.165, 1.54) is 4.90 Å². The number of oxazole rings is 1. The van der Waals surface area contributed by atoms with Gasteiger partial charge in [-0.1, -0.05) is 20.8 Å². The third-order valence-electron chi connectivity index (χ3n) is 2.80. The zero-order valence-electron chi connectivity index (χ0n) is 12.8. The van der Waals surface area contributed by atoms with Crippen LogP contribution in [0.2, 0.25) is 0 Å². The van der Waals surface area contributed by atoms with Crippen molar-refractivity contribution < 1.29 is 9.21 Å². The molecule has 108 valence electrons. The van der Waals surface area contributed by atoms with Crippen LogP contribution in [0, 0.1) is 6.92 Å². The van der Waals surface area contributed by atoms with Crippen LogP contribution >= 0.6 is 0 Å². The molecule has 1 aromatic rings. The third-order valence-corrected chi connectivity index (χ3v) is 2.80. The number of hydrogen-bond donors (Lipinski definition) is 1. The maximum absolute atomic E-state index is 11.3. The zero-order valence-corrected chi connectivity index (χ0v) is 12.8. The second-order valence-electron chi connectivity index (χ2n) is 6.01. The van der Waals surface area contributed by atoms with E-state index in [0.717, 1.165) is 30.2 Å². The highest BCUT2D eigenvalue weighted by Crippen LogP contribution is 2.24. The van der Waals surface area contributed by atoms with E-state index in [1.54, 1.807) is 14.1 Å². The molecule has 0 saturated carbocycles. The third kappa shape index (κ3) is 4.58. The van der Waals surface area contributed by atoms with E-state index in [9.17, 15) is 4.79 Å². The van der Waals surface area contributed by atoms with Crippen molar-refractivity contribution in [3.05, 3.63) is 17.3 Å². The van der Waals surface area contributed by atoms with Gasteiger partial charge < -0.3 is 14.6 Å². The van der Waals surface area contributed by atoms with E-state index < -0.39 is 0 Å². The predicted molar refractivity (Wildman–Crippen MR) is 75.3 cm³/mol. The van der Waals surface area contributed by atoms with Crippen LogP contribution in [0.3, 0.4) is 0 Å². The molecule has 19 heavy (non-hydrogen) atoms. The number of carbonyl (C=O) groups is 1. The van der Waals surface area contributed by atoms with Crippen LogP contribution in [0.15, 0.2) is 4.42 Å². The van der Waals surface area contributed by atoms with Crippen molar-refractivity contribution in [1.82, 2.24) is 15.2 Å². The Hall–Kier alpha value is -1.52. The van der Waals surface area contributed by atoms with Crippen LogP contribution in [0.25, 0.3) is 0 Å². The van der Waals surface area contributed by atoms with E-state index >= 15 is 0 Å². The standard InChI is InChI=1S/C14H25N3O2/c1-10-11(19-12(16-10)14(2,3)4)8-7-9-15-13(18)17(5)6/h7-9H2,1-6H3,(H,15,18). The Bertz CT molecular complexity index is 430. The van der Waals surface area contributed by atoms with Gasteiger partial charge in [0.1, 0.15) is 5.76 Å². The first-order valence-corrected chi connectivity index (χ1v) is 6.63. The van der Waals surface area contributed by atoms with Crippen molar-refractivity contribution in [2.24, 2.45) is 0 Å². The van der Waals surface area contributed by atoms with Gasteiger partial charge in [-0.15, -0.1) is 0 Å². The summed E-state index contributed by atoms with van der Waals surface area (Å²) in [5.41, 5.74) is 0.881. The smallest absolute Gasteiger partial charge is 0.316 e. The largest absolute Gasteiger partial charge is 0.445 e. The van der Waals surface area contributed by atoms with E-state index in [-0.39, 0.29) is 11.4 Å². The summed E-state index contributed by atoms with van der Waals surface area (Å²) in [7, 11) is 3.46. The molecule has 0 aliphatic rings. The summed E-state index contributed by atoms with van der Waals surface area (Å²) in [4.78, 5) is 17.3. The monoisotopic (exact) mass is 267 g/mol. The topological polar surface area (TPSA) is 58.4 Å². The maximum atomic E-state index is 11.3. The first-order valence-electron chi connectivity index (χ1n) is 6.63. The molecule has 0 fully saturated rings. The van der Waals surface area contributed by atoms with E-state index in [1.807, 2.05) is 6.92 Å². The number of hydrogen-bond acceptors (Lipinski definition) is 3. The van der Waals surface area contributed by atoms with Crippen molar-refractivity contribution in [3.8, 4) is 0 Å². The van der Waals surface area contributed by atoms with Gasteiger partial charge >= 0.3 is 6.03 Å². The number of aryl methyl sites for hydroxylation is 2. The summed E-state index contributed by atoms with van der Waals surface area (Å²) < 4.78 is 5.80. The van der Waals surface area contributed by atoms with Crippen molar-refractivity contribution in [2.75, 3.05) is 20.6 Å². The average molecular weight is 267 g/mol. The average Bonchev–Trinajstić information content (AvgIpc) is 2.65. The lowest BCUT2D eigenvalue weighted by molar-refractivity contribution is 0.217. The molecule has 0 aliphatic carbocycles. The molecular weight excluding hydrogens is 242 g/mol. The summed E-state index contributed by atoms with van der Waals surface area (Å²) in [5, 5.41) is 2.83. The highest BCUT2D eigenvalue weighted by molar-refractivity contribution is 5.73. The second kappa shape index (κ2) is 6.08. The fourth-order valence-corrected chi connectivity index (χ4v) is 1.58. The highest BCUT2D eigenvalue weighted by atomic mass is 16.4. The Kier molecular flexibility index (Phi) is 4.97. The second-order valence-corrected chi connectivity index (χ2v) is 6.01. The molecule has 0 atom stereocenters. The van der Waals surface area contributed by atoms with Gasteiger partial charge in [0.2, 0.25) is 0 Å². The summed E-state index contributed by atoms with van der Waals surface area (Å²) in [6.07, 6.45) is 1.64.